The van der Waals surface area contributed by atoms with Crippen molar-refractivity contribution in [2.45, 2.75) is 19.1 Å². The molecule has 0 aromatic carbocycles. The number of hydrogen-bond donors (Lipinski definition) is 0. The van der Waals surface area contributed by atoms with Crippen molar-refractivity contribution >= 4 is 91.2 Å². The van der Waals surface area contributed by atoms with Gasteiger partial charge in [0, 0.05) is 0 Å². The lowest BCUT2D eigenvalue weighted by Crippen LogP contribution is -2.05. The van der Waals surface area contributed by atoms with Gasteiger partial charge in [-0.15, -0.1) is 69.6 Å². The Labute approximate surface area is 109 Å². The van der Waals surface area contributed by atoms with Crippen LogP contribution in [0.5, 0.6) is 0 Å². The van der Waals surface area contributed by atoms with E-state index in [0.29, 0.717) is 0 Å². The summed E-state index contributed by atoms with van der Waals surface area (Å²) in [7, 11) is 2.48. The molecule has 0 rings (SSSR count). The smallest absolute Gasteiger partial charge is 0.107 e. The third-order valence-corrected chi connectivity index (χ3v) is 7.03. The molecule has 0 saturated carbocycles. The second kappa shape index (κ2) is 7.70. The quantitative estimate of drug-likeness (QED) is 0.508. The van der Waals surface area contributed by atoms with E-state index < -0.39 is 19.1 Å². The van der Waals surface area contributed by atoms with Crippen molar-refractivity contribution < 1.29 is 0 Å². The van der Waals surface area contributed by atoms with Crippen molar-refractivity contribution in [1.29, 1.82) is 0 Å². The highest BCUT2D eigenvalue weighted by Crippen LogP contribution is 2.41. The second-order valence-corrected chi connectivity index (χ2v) is 7.90. The molecule has 74 valence electrons. The third-order valence-electron chi connectivity index (χ3n) is 0.636. The largest absolute Gasteiger partial charge is 0.134 e. The molecule has 0 amide bonds. The molecular weight excluding hydrogens is 325 g/mol. The van der Waals surface area contributed by atoms with Gasteiger partial charge in [0.25, 0.3) is 0 Å². The second-order valence-electron chi connectivity index (χ2n) is 1.56. The topological polar surface area (TPSA) is 0 Å². The standard InChI is InChI=1S/C4H4Cl6S2/c5-1(6)3(9)11-12-4(10)2(7)8/h1-4H. The van der Waals surface area contributed by atoms with Gasteiger partial charge in [-0.25, -0.2) is 0 Å². The molecular formula is C4H4Cl6S2. The maximum atomic E-state index is 5.70. The van der Waals surface area contributed by atoms with Crippen molar-refractivity contribution in [1.82, 2.24) is 0 Å². The molecule has 0 spiro atoms. The summed E-state index contributed by atoms with van der Waals surface area (Å²) in [6.45, 7) is 0. The number of hydrogen-bond acceptors (Lipinski definition) is 2. The van der Waals surface area contributed by atoms with Crippen molar-refractivity contribution in [2.75, 3.05) is 0 Å². The van der Waals surface area contributed by atoms with Gasteiger partial charge in [0.05, 0.1) is 0 Å². The molecule has 0 radical (unpaired) electrons. The van der Waals surface area contributed by atoms with Gasteiger partial charge in [-0.3, -0.25) is 0 Å². The number of rotatable bonds is 5. The fourth-order valence-corrected chi connectivity index (χ4v) is 3.98. The van der Waals surface area contributed by atoms with Gasteiger partial charge in [-0.05, 0) is 0 Å². The molecule has 0 aliphatic rings. The zero-order chi connectivity index (χ0) is 9.72. The van der Waals surface area contributed by atoms with Gasteiger partial charge in [0.1, 0.15) is 19.1 Å². The summed E-state index contributed by atoms with van der Waals surface area (Å²) >= 11 is 33.3. The van der Waals surface area contributed by atoms with E-state index in [-0.39, 0.29) is 0 Å². The lowest BCUT2D eigenvalue weighted by molar-refractivity contribution is 1.31. The highest BCUT2D eigenvalue weighted by molar-refractivity contribution is 8.77. The Balaban J connectivity index is 3.54. The molecule has 12 heavy (non-hydrogen) atoms. The van der Waals surface area contributed by atoms with Gasteiger partial charge >= 0.3 is 0 Å². The average Bonchev–Trinajstić information content (AvgIpc) is 1.98. The minimum absolute atomic E-state index is 0.424. The average molecular weight is 329 g/mol. The van der Waals surface area contributed by atoms with E-state index in [0.717, 1.165) is 0 Å². The number of alkyl halides is 6. The van der Waals surface area contributed by atoms with Crippen LogP contribution in [0, 0.1) is 0 Å². The van der Waals surface area contributed by atoms with Crippen LogP contribution in [0.1, 0.15) is 0 Å². The minimum Gasteiger partial charge on any atom is -0.107 e. The van der Waals surface area contributed by atoms with Gasteiger partial charge in [-0.2, -0.15) is 0 Å². The van der Waals surface area contributed by atoms with E-state index in [1.54, 1.807) is 0 Å². The normalized spacial score (nSPS) is 17.0. The fourth-order valence-electron chi connectivity index (χ4n) is 0.190. The van der Waals surface area contributed by atoms with E-state index in [2.05, 4.69) is 0 Å². The molecule has 0 aromatic heterocycles. The molecule has 0 nitrogen and oxygen atoms in total. The Hall–Kier alpha value is 2.44. The van der Waals surface area contributed by atoms with E-state index >= 15 is 0 Å². The first kappa shape index (κ1) is 14.4. The van der Waals surface area contributed by atoms with Gasteiger partial charge < -0.3 is 0 Å². The molecule has 0 saturated heterocycles. The van der Waals surface area contributed by atoms with Crippen LogP contribution in [0.3, 0.4) is 0 Å². The zero-order valence-electron chi connectivity index (χ0n) is 5.39. The van der Waals surface area contributed by atoms with E-state index in [9.17, 15) is 0 Å². The van der Waals surface area contributed by atoms with Crippen LogP contribution in [-0.4, -0.2) is 19.1 Å². The predicted molar refractivity (Wildman–Crippen MR) is 65.5 cm³/mol. The first-order valence-electron chi connectivity index (χ1n) is 2.61. The highest BCUT2D eigenvalue weighted by Gasteiger charge is 2.20. The molecule has 0 heterocycles. The van der Waals surface area contributed by atoms with Crippen LogP contribution in [0.25, 0.3) is 0 Å². The Morgan fingerprint density at radius 3 is 1.00 bits per heavy atom. The van der Waals surface area contributed by atoms with E-state index in [1.807, 2.05) is 0 Å². The van der Waals surface area contributed by atoms with Crippen LogP contribution in [0.2, 0.25) is 0 Å². The zero-order valence-corrected chi connectivity index (χ0v) is 11.6. The van der Waals surface area contributed by atoms with Crippen molar-refractivity contribution in [3.05, 3.63) is 0 Å². The molecule has 8 heteroatoms. The van der Waals surface area contributed by atoms with Gasteiger partial charge in [0.2, 0.25) is 0 Å². The lowest BCUT2D eigenvalue weighted by Gasteiger charge is -2.12. The SMILES string of the molecule is ClC(Cl)C(Cl)SSC(Cl)C(Cl)Cl. The summed E-state index contributed by atoms with van der Waals surface area (Å²) in [4.78, 5) is -1.28. The van der Waals surface area contributed by atoms with Crippen LogP contribution in [0.4, 0.5) is 0 Å². The Bertz CT molecular complexity index is 106. The molecule has 0 bridgehead atoms. The third kappa shape index (κ3) is 6.83. The Morgan fingerprint density at radius 2 is 0.833 bits per heavy atom. The highest BCUT2D eigenvalue weighted by atomic mass is 35.5. The summed E-state index contributed by atoms with van der Waals surface area (Å²) in [5, 5.41) is 0. The minimum atomic E-state index is -0.642. The Morgan fingerprint density at radius 1 is 0.583 bits per heavy atom. The lowest BCUT2D eigenvalue weighted by atomic mass is 10.9. The van der Waals surface area contributed by atoms with E-state index in [1.165, 1.54) is 21.6 Å². The monoisotopic (exact) mass is 326 g/mol. The fraction of sp³-hybridized carbons (Fsp3) is 1.00. The van der Waals surface area contributed by atoms with Crippen molar-refractivity contribution in [3.8, 4) is 0 Å². The molecule has 0 aliphatic heterocycles. The Kier molecular flexibility index (Phi) is 9.26. The maximum Gasteiger partial charge on any atom is 0.134 e. The van der Waals surface area contributed by atoms with Gasteiger partial charge in [-0.1, -0.05) is 21.6 Å². The maximum absolute atomic E-state index is 5.70. The number of halogens is 6. The molecule has 0 N–H and O–H groups in total. The van der Waals surface area contributed by atoms with Crippen LogP contribution < -0.4 is 0 Å². The first-order chi connectivity index (χ1) is 5.45. The predicted octanol–water partition coefficient (Wildman–Crippen LogP) is 5.11. The van der Waals surface area contributed by atoms with Crippen molar-refractivity contribution in [2.24, 2.45) is 0 Å². The first-order valence-corrected chi connectivity index (χ1v) is 7.51. The molecule has 0 fully saturated rings. The molecule has 2 atom stereocenters. The summed E-state index contributed by atoms with van der Waals surface area (Å²) in [6, 6.07) is 0. The molecule has 2 unspecified atom stereocenters. The summed E-state index contributed by atoms with van der Waals surface area (Å²) < 4.78 is -0.849. The summed E-state index contributed by atoms with van der Waals surface area (Å²) in [5.74, 6) is 0. The molecule has 0 aliphatic carbocycles. The van der Waals surface area contributed by atoms with Crippen LogP contribution >= 0.6 is 91.2 Å². The van der Waals surface area contributed by atoms with Gasteiger partial charge in [0.15, 0.2) is 0 Å². The van der Waals surface area contributed by atoms with Crippen LogP contribution in [0.15, 0.2) is 0 Å². The van der Waals surface area contributed by atoms with Crippen molar-refractivity contribution in [3.63, 3.8) is 0 Å². The van der Waals surface area contributed by atoms with E-state index in [4.69, 9.17) is 69.6 Å². The summed E-state index contributed by atoms with van der Waals surface area (Å²) in [5.41, 5.74) is 0. The summed E-state index contributed by atoms with van der Waals surface area (Å²) in [6.07, 6.45) is 0. The molecule has 0 aromatic rings. The van der Waals surface area contributed by atoms with Crippen LogP contribution in [-0.2, 0) is 0 Å².